The van der Waals surface area contributed by atoms with Gasteiger partial charge in [0.15, 0.2) is 0 Å². The van der Waals surface area contributed by atoms with Gasteiger partial charge < -0.3 is 10.2 Å². The van der Waals surface area contributed by atoms with Crippen LogP contribution in [0.4, 0.5) is 0 Å². The smallest absolute Gasteiger partial charge is 0.245 e. The average Bonchev–Trinajstić information content (AvgIpc) is 3.19. The largest absolute Gasteiger partial charge is 0.344 e. The molecule has 2 unspecified atom stereocenters. The predicted molar refractivity (Wildman–Crippen MR) is 113 cm³/mol. The van der Waals surface area contributed by atoms with E-state index in [0.29, 0.717) is 18.3 Å². The molecule has 5 heteroatoms. The number of nitrogens with zero attached hydrogens (tertiary/aromatic N) is 1. The van der Waals surface area contributed by atoms with Crippen LogP contribution in [0.1, 0.15) is 57.4 Å². The van der Waals surface area contributed by atoms with Gasteiger partial charge in [0.2, 0.25) is 11.8 Å². The molecular formula is C23H31ClN2O2. The highest BCUT2D eigenvalue weighted by atomic mass is 35.5. The maximum Gasteiger partial charge on any atom is 0.245 e. The number of nitrogens with one attached hydrogen (secondary N) is 1. The van der Waals surface area contributed by atoms with Crippen molar-refractivity contribution < 1.29 is 9.59 Å². The molecule has 0 radical (unpaired) electrons. The summed E-state index contributed by atoms with van der Waals surface area (Å²) in [5, 5.41) is 3.76. The zero-order valence-electron chi connectivity index (χ0n) is 16.9. The Morgan fingerprint density at radius 3 is 2.39 bits per heavy atom. The molecule has 1 aliphatic heterocycles. The number of piperidine rings is 1. The first-order valence-electron chi connectivity index (χ1n) is 10.4. The van der Waals surface area contributed by atoms with E-state index in [9.17, 15) is 9.59 Å². The summed E-state index contributed by atoms with van der Waals surface area (Å²) in [6, 6.07) is 7.58. The number of likely N-dealkylation sites (tertiary alicyclic amines) is 1. The molecule has 1 heterocycles. The monoisotopic (exact) mass is 402 g/mol. The molecule has 2 atom stereocenters. The molecule has 28 heavy (non-hydrogen) atoms. The molecule has 1 N–H and O–H groups in total. The molecule has 1 aliphatic carbocycles. The van der Waals surface area contributed by atoms with Crippen LogP contribution in [0.5, 0.6) is 0 Å². The van der Waals surface area contributed by atoms with Crippen LogP contribution < -0.4 is 5.32 Å². The molecule has 2 aliphatic rings. The van der Waals surface area contributed by atoms with Crippen LogP contribution in [0, 0.1) is 11.8 Å². The third-order valence-corrected chi connectivity index (χ3v) is 6.21. The van der Waals surface area contributed by atoms with Crippen molar-refractivity contribution in [2.75, 3.05) is 13.1 Å². The van der Waals surface area contributed by atoms with Crippen molar-refractivity contribution in [3.63, 3.8) is 0 Å². The number of amides is 2. The van der Waals surface area contributed by atoms with Crippen LogP contribution >= 0.6 is 11.6 Å². The minimum atomic E-state index is -0.440. The summed E-state index contributed by atoms with van der Waals surface area (Å²) in [5.41, 5.74) is 1.29. The summed E-state index contributed by atoms with van der Waals surface area (Å²) in [6.07, 6.45) is 8.70. The molecule has 1 saturated heterocycles. The van der Waals surface area contributed by atoms with E-state index in [2.05, 4.69) is 29.6 Å². The SMILES string of the molecule is CC(C)C(NC(=O)CC1C=CCC1)C(=O)N1CCC(c2ccc(Cl)cc2)CC1. The lowest BCUT2D eigenvalue weighted by Crippen LogP contribution is -2.53. The maximum absolute atomic E-state index is 13.1. The molecule has 4 nitrogen and oxygen atoms in total. The van der Waals surface area contributed by atoms with Crippen LogP contribution in [0.25, 0.3) is 0 Å². The van der Waals surface area contributed by atoms with E-state index >= 15 is 0 Å². The number of halogens is 1. The van der Waals surface area contributed by atoms with Gasteiger partial charge >= 0.3 is 0 Å². The number of carbonyl (C=O) groups excluding carboxylic acids is 2. The standard InChI is InChI=1S/C23H31ClN2O2/c1-16(2)22(25-21(27)15-17-5-3-4-6-17)23(28)26-13-11-19(12-14-26)18-7-9-20(24)10-8-18/h3,5,7-10,16-17,19,22H,4,6,11-15H2,1-2H3,(H,25,27). The fourth-order valence-electron chi connectivity index (χ4n) is 4.21. The summed E-state index contributed by atoms with van der Waals surface area (Å²) < 4.78 is 0. The Labute approximate surface area is 173 Å². The molecule has 0 spiro atoms. The molecule has 1 aromatic rings. The van der Waals surface area contributed by atoms with Crippen molar-refractivity contribution in [3.05, 3.63) is 47.0 Å². The number of allylic oxidation sites excluding steroid dienone is 2. The summed E-state index contributed by atoms with van der Waals surface area (Å²) in [7, 11) is 0. The number of carbonyl (C=O) groups is 2. The average molecular weight is 403 g/mol. The number of rotatable bonds is 6. The van der Waals surface area contributed by atoms with Crippen molar-refractivity contribution in [2.45, 2.75) is 57.9 Å². The second-order valence-electron chi connectivity index (χ2n) is 8.41. The minimum absolute atomic E-state index is 0.0142. The quantitative estimate of drug-likeness (QED) is 0.710. The normalized spacial score (nSPS) is 21.1. The van der Waals surface area contributed by atoms with Crippen molar-refractivity contribution in [1.82, 2.24) is 10.2 Å². The van der Waals surface area contributed by atoms with Crippen LogP contribution in [-0.2, 0) is 9.59 Å². The lowest BCUT2D eigenvalue weighted by atomic mass is 9.89. The molecule has 0 aromatic heterocycles. The van der Waals surface area contributed by atoms with Gasteiger partial charge in [-0.1, -0.05) is 49.7 Å². The molecule has 3 rings (SSSR count). The number of benzene rings is 1. The van der Waals surface area contributed by atoms with Gasteiger partial charge in [0, 0.05) is 24.5 Å². The summed E-state index contributed by atoms with van der Waals surface area (Å²) >= 11 is 5.98. The fourth-order valence-corrected chi connectivity index (χ4v) is 4.34. The van der Waals surface area contributed by atoms with Crippen LogP contribution in [-0.4, -0.2) is 35.8 Å². The highest BCUT2D eigenvalue weighted by molar-refractivity contribution is 6.30. The minimum Gasteiger partial charge on any atom is -0.344 e. The highest BCUT2D eigenvalue weighted by Gasteiger charge is 2.31. The third-order valence-electron chi connectivity index (χ3n) is 5.96. The van der Waals surface area contributed by atoms with Crippen LogP contribution in [0.2, 0.25) is 5.02 Å². The van der Waals surface area contributed by atoms with Crippen molar-refractivity contribution in [1.29, 1.82) is 0 Å². The van der Waals surface area contributed by atoms with Crippen molar-refractivity contribution in [3.8, 4) is 0 Å². The summed E-state index contributed by atoms with van der Waals surface area (Å²) in [5.74, 6) is 0.893. The van der Waals surface area contributed by atoms with Crippen molar-refractivity contribution >= 4 is 23.4 Å². The second kappa shape index (κ2) is 9.60. The molecular weight excluding hydrogens is 372 g/mol. The van der Waals surface area contributed by atoms with Gasteiger partial charge in [-0.05, 0) is 61.1 Å². The van der Waals surface area contributed by atoms with E-state index in [1.54, 1.807) is 0 Å². The Balaban J connectivity index is 1.54. The van der Waals surface area contributed by atoms with Gasteiger partial charge in [-0.15, -0.1) is 0 Å². The lowest BCUT2D eigenvalue weighted by Gasteiger charge is -2.35. The zero-order valence-corrected chi connectivity index (χ0v) is 17.6. The van der Waals surface area contributed by atoms with Gasteiger partial charge in [0.05, 0.1) is 0 Å². The molecule has 152 valence electrons. The molecule has 1 aromatic carbocycles. The second-order valence-corrected chi connectivity index (χ2v) is 8.85. The Morgan fingerprint density at radius 1 is 1.14 bits per heavy atom. The first kappa shape index (κ1) is 20.9. The van der Waals surface area contributed by atoms with E-state index in [4.69, 9.17) is 11.6 Å². The predicted octanol–water partition coefficient (Wildman–Crippen LogP) is 4.54. The van der Waals surface area contributed by atoms with Gasteiger partial charge in [0.25, 0.3) is 0 Å². The highest BCUT2D eigenvalue weighted by Crippen LogP contribution is 2.29. The Kier molecular flexibility index (Phi) is 7.17. The van der Waals surface area contributed by atoms with Crippen LogP contribution in [0.3, 0.4) is 0 Å². The fraction of sp³-hybridized carbons (Fsp3) is 0.565. The Hall–Kier alpha value is -1.81. The van der Waals surface area contributed by atoms with Gasteiger partial charge in [0.1, 0.15) is 6.04 Å². The molecule has 0 saturated carbocycles. The Morgan fingerprint density at radius 2 is 1.82 bits per heavy atom. The van der Waals surface area contributed by atoms with E-state index in [1.807, 2.05) is 30.9 Å². The topological polar surface area (TPSA) is 49.4 Å². The number of hydrogen-bond donors (Lipinski definition) is 1. The van der Waals surface area contributed by atoms with Gasteiger partial charge in [-0.25, -0.2) is 0 Å². The first-order chi connectivity index (χ1) is 13.4. The maximum atomic E-state index is 13.1. The summed E-state index contributed by atoms with van der Waals surface area (Å²) in [6.45, 7) is 5.46. The number of hydrogen-bond acceptors (Lipinski definition) is 2. The van der Waals surface area contributed by atoms with E-state index in [0.717, 1.165) is 43.8 Å². The zero-order chi connectivity index (χ0) is 20.1. The third kappa shape index (κ3) is 5.38. The van der Waals surface area contributed by atoms with Gasteiger partial charge in [-0.2, -0.15) is 0 Å². The van der Waals surface area contributed by atoms with E-state index in [1.165, 1.54) is 5.56 Å². The summed E-state index contributed by atoms with van der Waals surface area (Å²) in [4.78, 5) is 27.4. The molecule has 2 amide bonds. The van der Waals surface area contributed by atoms with Gasteiger partial charge in [-0.3, -0.25) is 9.59 Å². The van der Waals surface area contributed by atoms with E-state index < -0.39 is 6.04 Å². The molecule has 0 bridgehead atoms. The van der Waals surface area contributed by atoms with E-state index in [-0.39, 0.29) is 17.7 Å². The van der Waals surface area contributed by atoms with Crippen molar-refractivity contribution in [2.24, 2.45) is 11.8 Å². The lowest BCUT2D eigenvalue weighted by molar-refractivity contribution is -0.138. The van der Waals surface area contributed by atoms with Crippen LogP contribution in [0.15, 0.2) is 36.4 Å². The first-order valence-corrected chi connectivity index (χ1v) is 10.8. The molecule has 1 fully saturated rings. The Bertz CT molecular complexity index is 706.